The first-order valence-corrected chi connectivity index (χ1v) is 9.33. The number of hydrogen-bond acceptors (Lipinski definition) is 5. The summed E-state index contributed by atoms with van der Waals surface area (Å²) in [7, 11) is -1.19. The first-order chi connectivity index (χ1) is 9.52. The molecule has 2 heterocycles. The first-order valence-electron chi connectivity index (χ1n) is 6.63. The molecule has 0 spiro atoms. The number of aromatic nitrogens is 1. The maximum Gasteiger partial charge on any atom is 0.191 e. The van der Waals surface area contributed by atoms with Crippen molar-refractivity contribution in [2.45, 2.75) is 32.4 Å². The van der Waals surface area contributed by atoms with Crippen molar-refractivity contribution in [1.29, 1.82) is 0 Å². The Balaban J connectivity index is 0.00000220. The lowest BCUT2D eigenvalue weighted by Gasteiger charge is -2.15. The third-order valence-corrected chi connectivity index (χ3v) is 5.95. The minimum atomic E-state index is -2.87. The molecule has 1 aliphatic heterocycles. The van der Waals surface area contributed by atoms with Gasteiger partial charge in [-0.1, -0.05) is 6.92 Å². The molecule has 0 saturated carbocycles. The zero-order chi connectivity index (χ0) is 14.6. The smallest absolute Gasteiger partial charge is 0.191 e. The van der Waals surface area contributed by atoms with Gasteiger partial charge in [-0.25, -0.2) is 13.4 Å². The quantitative estimate of drug-likeness (QED) is 0.414. The first kappa shape index (κ1) is 18.6. The third kappa shape index (κ3) is 5.70. The summed E-state index contributed by atoms with van der Waals surface area (Å²) < 4.78 is 22.8. The van der Waals surface area contributed by atoms with E-state index in [1.807, 2.05) is 5.38 Å². The van der Waals surface area contributed by atoms with Gasteiger partial charge in [0, 0.05) is 18.5 Å². The largest absolute Gasteiger partial charge is 0.353 e. The molecule has 0 aliphatic carbocycles. The highest BCUT2D eigenvalue weighted by atomic mass is 127. The molecule has 6 nitrogen and oxygen atoms in total. The van der Waals surface area contributed by atoms with Crippen LogP contribution in [0.1, 0.15) is 24.0 Å². The Labute approximate surface area is 146 Å². The second-order valence-electron chi connectivity index (χ2n) is 4.76. The van der Waals surface area contributed by atoms with Gasteiger partial charge in [0.25, 0.3) is 0 Å². The second kappa shape index (κ2) is 8.28. The topological polar surface area (TPSA) is 83.4 Å². The van der Waals surface area contributed by atoms with Crippen molar-refractivity contribution in [2.24, 2.45) is 4.99 Å². The van der Waals surface area contributed by atoms with Crippen molar-refractivity contribution in [1.82, 2.24) is 15.6 Å². The van der Waals surface area contributed by atoms with Gasteiger partial charge in [-0.05, 0) is 12.8 Å². The van der Waals surface area contributed by atoms with Gasteiger partial charge >= 0.3 is 0 Å². The standard InChI is InChI=1S/C12H20N4O2S2.HI/c1-3-11-15-10(7-19-11)6-14-12(13-2)16-9-4-5-20(17,18)8-9;/h7,9H,3-6,8H2,1-2H3,(H2,13,14,16);1H. The molecule has 9 heteroatoms. The van der Waals surface area contributed by atoms with Gasteiger partial charge < -0.3 is 10.6 Å². The molecule has 0 radical (unpaired) electrons. The van der Waals surface area contributed by atoms with Crippen LogP contribution in [0.25, 0.3) is 0 Å². The average Bonchev–Trinajstić information content (AvgIpc) is 3.00. The Morgan fingerprint density at radius 1 is 1.57 bits per heavy atom. The number of aryl methyl sites for hydroxylation is 1. The van der Waals surface area contributed by atoms with Gasteiger partial charge in [0.05, 0.1) is 28.8 Å². The van der Waals surface area contributed by atoms with Gasteiger partial charge in [0.15, 0.2) is 15.8 Å². The number of sulfone groups is 1. The lowest BCUT2D eigenvalue weighted by atomic mass is 10.3. The molecule has 1 aromatic heterocycles. The summed E-state index contributed by atoms with van der Waals surface area (Å²) in [5.74, 6) is 1.07. The summed E-state index contributed by atoms with van der Waals surface area (Å²) in [6.45, 7) is 2.67. The Kier molecular flexibility index (Phi) is 7.34. The van der Waals surface area contributed by atoms with Gasteiger partial charge in [-0.2, -0.15) is 0 Å². The summed E-state index contributed by atoms with van der Waals surface area (Å²) in [6, 6.07) is -0.0483. The van der Waals surface area contributed by atoms with E-state index in [1.165, 1.54) is 0 Å². The molecule has 1 atom stereocenters. The summed E-state index contributed by atoms with van der Waals surface area (Å²) in [5, 5.41) is 9.46. The second-order valence-corrected chi connectivity index (χ2v) is 7.93. The maximum atomic E-state index is 11.4. The zero-order valence-corrected chi connectivity index (χ0v) is 16.1. The highest BCUT2D eigenvalue weighted by Crippen LogP contribution is 2.11. The van der Waals surface area contributed by atoms with Crippen LogP contribution in [-0.4, -0.2) is 44.0 Å². The molecule has 120 valence electrons. The van der Waals surface area contributed by atoms with Crippen LogP contribution in [0, 0.1) is 0 Å². The minimum absolute atomic E-state index is 0. The van der Waals surface area contributed by atoms with Crippen LogP contribution in [0.3, 0.4) is 0 Å². The van der Waals surface area contributed by atoms with E-state index in [1.54, 1.807) is 18.4 Å². The van der Waals surface area contributed by atoms with E-state index < -0.39 is 9.84 Å². The van der Waals surface area contributed by atoms with Crippen LogP contribution in [0.2, 0.25) is 0 Å². The number of halogens is 1. The molecule has 0 bridgehead atoms. The van der Waals surface area contributed by atoms with Gasteiger partial charge in [-0.15, -0.1) is 35.3 Å². The molecular formula is C12H21IN4O2S2. The van der Waals surface area contributed by atoms with E-state index in [2.05, 4.69) is 27.5 Å². The molecule has 1 aromatic rings. The van der Waals surface area contributed by atoms with Crippen molar-refractivity contribution < 1.29 is 8.42 Å². The molecule has 2 rings (SSSR count). The van der Waals surface area contributed by atoms with Crippen molar-refractivity contribution in [3.05, 3.63) is 16.1 Å². The fourth-order valence-corrected chi connectivity index (χ4v) is 4.48. The van der Waals surface area contributed by atoms with Crippen LogP contribution < -0.4 is 10.6 Å². The summed E-state index contributed by atoms with van der Waals surface area (Å²) in [6.07, 6.45) is 1.58. The Hall–Kier alpha value is -0.420. The van der Waals surface area contributed by atoms with E-state index in [-0.39, 0.29) is 41.5 Å². The molecule has 1 aliphatic rings. The van der Waals surface area contributed by atoms with E-state index in [0.717, 1.165) is 17.1 Å². The van der Waals surface area contributed by atoms with Crippen LogP contribution in [-0.2, 0) is 22.8 Å². The fourth-order valence-electron chi connectivity index (χ4n) is 2.06. The Morgan fingerprint density at radius 2 is 2.33 bits per heavy atom. The zero-order valence-electron chi connectivity index (χ0n) is 12.1. The predicted molar refractivity (Wildman–Crippen MR) is 97.3 cm³/mol. The minimum Gasteiger partial charge on any atom is -0.353 e. The molecule has 21 heavy (non-hydrogen) atoms. The van der Waals surface area contributed by atoms with E-state index in [0.29, 0.717) is 18.9 Å². The van der Waals surface area contributed by atoms with Crippen molar-refractivity contribution in [3.8, 4) is 0 Å². The Morgan fingerprint density at radius 3 is 2.86 bits per heavy atom. The normalized spacial score (nSPS) is 20.9. The summed E-state index contributed by atoms with van der Waals surface area (Å²) >= 11 is 1.65. The van der Waals surface area contributed by atoms with Crippen LogP contribution in [0.5, 0.6) is 0 Å². The lowest BCUT2D eigenvalue weighted by Crippen LogP contribution is -2.43. The average molecular weight is 444 g/mol. The molecular weight excluding hydrogens is 423 g/mol. The van der Waals surface area contributed by atoms with Crippen LogP contribution >= 0.6 is 35.3 Å². The summed E-state index contributed by atoms with van der Waals surface area (Å²) in [5.41, 5.74) is 0.980. The van der Waals surface area contributed by atoms with E-state index in [9.17, 15) is 8.42 Å². The van der Waals surface area contributed by atoms with Crippen LogP contribution in [0.15, 0.2) is 10.4 Å². The number of nitrogens with zero attached hydrogens (tertiary/aromatic N) is 2. The number of hydrogen-bond donors (Lipinski definition) is 2. The van der Waals surface area contributed by atoms with E-state index >= 15 is 0 Å². The Bertz CT molecular complexity index is 586. The predicted octanol–water partition coefficient (Wildman–Crippen LogP) is 1.18. The molecule has 1 saturated heterocycles. The van der Waals surface area contributed by atoms with Gasteiger partial charge in [-0.3, -0.25) is 4.99 Å². The van der Waals surface area contributed by atoms with Crippen molar-refractivity contribution in [2.75, 3.05) is 18.6 Å². The number of nitrogens with one attached hydrogen (secondary N) is 2. The third-order valence-electron chi connectivity index (χ3n) is 3.14. The molecule has 1 unspecified atom stereocenters. The van der Waals surface area contributed by atoms with Gasteiger partial charge in [0.1, 0.15) is 0 Å². The highest BCUT2D eigenvalue weighted by Gasteiger charge is 2.28. The monoisotopic (exact) mass is 444 g/mol. The molecule has 1 fully saturated rings. The highest BCUT2D eigenvalue weighted by molar-refractivity contribution is 14.0. The van der Waals surface area contributed by atoms with Gasteiger partial charge in [0.2, 0.25) is 0 Å². The van der Waals surface area contributed by atoms with Crippen molar-refractivity contribution >= 4 is 51.1 Å². The van der Waals surface area contributed by atoms with Crippen molar-refractivity contribution in [3.63, 3.8) is 0 Å². The number of aliphatic imine (C=N–C) groups is 1. The SMILES string of the molecule is CCc1nc(CNC(=NC)NC2CCS(=O)(=O)C2)cs1.I. The lowest BCUT2D eigenvalue weighted by molar-refractivity contribution is 0.599. The fraction of sp³-hybridized carbons (Fsp3) is 0.667. The summed E-state index contributed by atoms with van der Waals surface area (Å²) in [4.78, 5) is 8.58. The maximum absolute atomic E-state index is 11.4. The van der Waals surface area contributed by atoms with E-state index in [4.69, 9.17) is 0 Å². The number of rotatable bonds is 4. The number of guanidine groups is 1. The van der Waals surface area contributed by atoms with Crippen LogP contribution in [0.4, 0.5) is 0 Å². The molecule has 2 N–H and O–H groups in total. The number of thiazole rings is 1. The molecule has 0 aromatic carbocycles. The molecule has 0 amide bonds.